The van der Waals surface area contributed by atoms with E-state index >= 15 is 0 Å². The fourth-order valence-corrected chi connectivity index (χ4v) is 3.91. The number of ether oxygens (including phenoxy) is 2. The zero-order valence-electron chi connectivity index (χ0n) is 22.5. The highest BCUT2D eigenvalue weighted by Gasteiger charge is 2.15. The third-order valence-corrected chi connectivity index (χ3v) is 6.43. The fraction of sp³-hybridized carbons (Fsp3) is 0.241. The van der Waals surface area contributed by atoms with Crippen molar-refractivity contribution in [3.05, 3.63) is 86.9 Å². The number of carbonyl (C=O) groups excluding carboxylic acids is 3. The molecule has 0 unspecified atom stereocenters. The van der Waals surface area contributed by atoms with Gasteiger partial charge in [0.1, 0.15) is 0 Å². The summed E-state index contributed by atoms with van der Waals surface area (Å²) in [6.45, 7) is 5.93. The maximum Gasteiger partial charge on any atom is 0.329 e. The summed E-state index contributed by atoms with van der Waals surface area (Å²) < 4.78 is 10.9. The molecule has 0 aliphatic rings. The second kappa shape index (κ2) is 14.3. The van der Waals surface area contributed by atoms with E-state index in [0.29, 0.717) is 22.2 Å². The average Bonchev–Trinajstić information content (AvgIpc) is 2.93. The van der Waals surface area contributed by atoms with Gasteiger partial charge in [0, 0.05) is 17.3 Å². The first-order chi connectivity index (χ1) is 19.1. The van der Waals surface area contributed by atoms with Crippen molar-refractivity contribution in [3.8, 4) is 11.5 Å². The Kier molecular flexibility index (Phi) is 10.9. The zero-order chi connectivity index (χ0) is 29.2. The lowest BCUT2D eigenvalue weighted by Crippen LogP contribution is -2.37. The van der Waals surface area contributed by atoms with Crippen molar-refractivity contribution >= 4 is 52.8 Å². The van der Waals surface area contributed by atoms with Crippen LogP contribution in [0.15, 0.2) is 59.7 Å². The minimum absolute atomic E-state index is 0.152. The van der Waals surface area contributed by atoms with Gasteiger partial charge in [0.15, 0.2) is 18.1 Å². The summed E-state index contributed by atoms with van der Waals surface area (Å²) in [4.78, 5) is 36.5. The molecular formula is C29H30Cl2N4O5. The lowest BCUT2D eigenvalue weighted by atomic mass is 10.0. The highest BCUT2D eigenvalue weighted by Crippen LogP contribution is 2.36. The largest absolute Gasteiger partial charge is 0.493 e. The van der Waals surface area contributed by atoms with Gasteiger partial charge in [-0.05, 0) is 59.4 Å². The predicted octanol–water partition coefficient (Wildman–Crippen LogP) is 5.22. The number of halogens is 2. The van der Waals surface area contributed by atoms with E-state index in [1.165, 1.54) is 25.0 Å². The van der Waals surface area contributed by atoms with Crippen LogP contribution in [0, 0.1) is 6.92 Å². The van der Waals surface area contributed by atoms with E-state index < -0.39 is 17.7 Å². The third-order valence-electron chi connectivity index (χ3n) is 5.74. The number of anilines is 1. The summed E-state index contributed by atoms with van der Waals surface area (Å²) in [6, 6.07) is 16.0. The number of carbonyl (C=O) groups is 3. The topological polar surface area (TPSA) is 118 Å². The molecule has 3 aromatic rings. The van der Waals surface area contributed by atoms with Crippen LogP contribution in [0.25, 0.3) is 0 Å². The number of nitrogens with zero attached hydrogens (tertiary/aromatic N) is 1. The second-order valence-corrected chi connectivity index (χ2v) is 9.93. The van der Waals surface area contributed by atoms with Gasteiger partial charge in [-0.3, -0.25) is 14.4 Å². The summed E-state index contributed by atoms with van der Waals surface area (Å²) in [5.41, 5.74) is 6.11. The van der Waals surface area contributed by atoms with Crippen molar-refractivity contribution in [2.24, 2.45) is 5.10 Å². The minimum atomic E-state index is -0.922. The molecule has 40 heavy (non-hydrogen) atoms. The summed E-state index contributed by atoms with van der Waals surface area (Å²) in [5.74, 6) is -1.36. The van der Waals surface area contributed by atoms with Crippen LogP contribution >= 0.6 is 23.2 Å². The second-order valence-electron chi connectivity index (χ2n) is 9.11. The molecule has 0 atom stereocenters. The fourth-order valence-electron chi connectivity index (χ4n) is 3.46. The molecule has 0 fully saturated rings. The lowest BCUT2D eigenvalue weighted by molar-refractivity contribution is -0.139. The van der Waals surface area contributed by atoms with Crippen LogP contribution in [0.2, 0.25) is 10.0 Å². The van der Waals surface area contributed by atoms with E-state index in [0.717, 1.165) is 11.1 Å². The van der Waals surface area contributed by atoms with Gasteiger partial charge in [0.2, 0.25) is 0 Å². The van der Waals surface area contributed by atoms with Crippen LogP contribution < -0.4 is 25.5 Å². The van der Waals surface area contributed by atoms with E-state index in [2.05, 4.69) is 35.0 Å². The number of hydrogen-bond acceptors (Lipinski definition) is 6. The van der Waals surface area contributed by atoms with Crippen molar-refractivity contribution in [3.63, 3.8) is 0 Å². The van der Waals surface area contributed by atoms with Gasteiger partial charge < -0.3 is 20.1 Å². The van der Waals surface area contributed by atoms with Gasteiger partial charge in [-0.15, -0.1) is 0 Å². The summed E-state index contributed by atoms with van der Waals surface area (Å²) >= 11 is 12.4. The standard InChI is InChI=1S/C29H30Cl2N4O5/c1-17(2)21-8-6-19(7-9-21)14-32-28(37)29(38)35-33-15-20-11-24(31)27(25(12-20)39-4)40-16-26(36)34-22-10-5-18(3)23(30)13-22/h5-13,15,17H,14,16H2,1-4H3,(H,32,37)(H,34,36)(H,35,38)/b33-15-. The van der Waals surface area contributed by atoms with Crippen LogP contribution in [0.4, 0.5) is 5.69 Å². The predicted molar refractivity (Wildman–Crippen MR) is 156 cm³/mol. The molecule has 0 spiro atoms. The molecule has 0 heterocycles. The number of benzene rings is 3. The first kappa shape index (κ1) is 30.5. The summed E-state index contributed by atoms with van der Waals surface area (Å²) in [5, 5.41) is 9.75. The highest BCUT2D eigenvalue weighted by molar-refractivity contribution is 6.35. The van der Waals surface area contributed by atoms with E-state index in [1.807, 2.05) is 31.2 Å². The Morgan fingerprint density at radius 1 is 0.975 bits per heavy atom. The number of amides is 3. The van der Waals surface area contributed by atoms with Crippen molar-refractivity contribution in [2.75, 3.05) is 19.0 Å². The molecule has 0 saturated carbocycles. The molecule has 0 saturated heterocycles. The average molecular weight is 585 g/mol. The number of aryl methyl sites for hydroxylation is 1. The highest BCUT2D eigenvalue weighted by atomic mass is 35.5. The Balaban J connectivity index is 1.53. The Hall–Kier alpha value is -4.08. The van der Waals surface area contributed by atoms with Gasteiger partial charge in [0.05, 0.1) is 18.3 Å². The Bertz CT molecular complexity index is 1410. The molecular weight excluding hydrogens is 555 g/mol. The Morgan fingerprint density at radius 2 is 1.70 bits per heavy atom. The van der Waals surface area contributed by atoms with Crippen LogP contribution in [-0.4, -0.2) is 37.7 Å². The van der Waals surface area contributed by atoms with E-state index in [1.54, 1.807) is 24.3 Å². The van der Waals surface area contributed by atoms with E-state index in [9.17, 15) is 14.4 Å². The summed E-state index contributed by atoms with van der Waals surface area (Å²) in [7, 11) is 1.41. The van der Waals surface area contributed by atoms with Crippen molar-refractivity contribution in [1.29, 1.82) is 0 Å². The van der Waals surface area contributed by atoms with Crippen LogP contribution in [0.5, 0.6) is 11.5 Å². The molecule has 0 bridgehead atoms. The first-order valence-electron chi connectivity index (χ1n) is 12.3. The maximum atomic E-state index is 12.3. The van der Waals surface area contributed by atoms with Gasteiger partial charge in [0.25, 0.3) is 5.91 Å². The van der Waals surface area contributed by atoms with Crippen LogP contribution in [-0.2, 0) is 20.9 Å². The molecule has 0 radical (unpaired) electrons. The number of hydrazone groups is 1. The lowest BCUT2D eigenvalue weighted by Gasteiger charge is -2.13. The van der Waals surface area contributed by atoms with Crippen molar-refractivity contribution in [2.45, 2.75) is 33.2 Å². The smallest absolute Gasteiger partial charge is 0.329 e. The molecule has 11 heteroatoms. The van der Waals surface area contributed by atoms with Gasteiger partial charge in [-0.25, -0.2) is 5.43 Å². The van der Waals surface area contributed by atoms with Gasteiger partial charge in [-0.2, -0.15) is 5.10 Å². The number of rotatable bonds is 10. The molecule has 0 aliphatic heterocycles. The Labute approximate surface area is 242 Å². The van der Waals surface area contributed by atoms with E-state index in [4.69, 9.17) is 32.7 Å². The molecule has 210 valence electrons. The van der Waals surface area contributed by atoms with Gasteiger partial charge >= 0.3 is 11.8 Å². The SMILES string of the molecule is COc1cc(/C=N\NC(=O)C(=O)NCc2ccc(C(C)C)cc2)cc(Cl)c1OCC(=O)Nc1ccc(C)c(Cl)c1. The molecule has 0 aliphatic carbocycles. The van der Waals surface area contributed by atoms with E-state index in [-0.39, 0.29) is 29.7 Å². The number of hydrogen-bond donors (Lipinski definition) is 3. The minimum Gasteiger partial charge on any atom is -0.493 e. The molecule has 3 N–H and O–H groups in total. The van der Waals surface area contributed by atoms with Crippen molar-refractivity contribution in [1.82, 2.24) is 10.7 Å². The number of nitrogens with one attached hydrogen (secondary N) is 3. The quantitative estimate of drug-likeness (QED) is 0.171. The van der Waals surface area contributed by atoms with Crippen LogP contribution in [0.3, 0.4) is 0 Å². The molecule has 3 rings (SSSR count). The maximum absolute atomic E-state index is 12.3. The zero-order valence-corrected chi connectivity index (χ0v) is 24.0. The molecule has 0 aromatic heterocycles. The third kappa shape index (κ3) is 8.72. The Morgan fingerprint density at radius 3 is 2.35 bits per heavy atom. The normalized spacial score (nSPS) is 10.9. The van der Waals surface area contributed by atoms with Crippen LogP contribution in [0.1, 0.15) is 42.0 Å². The monoisotopic (exact) mass is 584 g/mol. The molecule has 9 nitrogen and oxygen atoms in total. The van der Waals surface area contributed by atoms with Gasteiger partial charge in [-0.1, -0.05) is 67.4 Å². The first-order valence-corrected chi connectivity index (χ1v) is 13.1. The number of methoxy groups -OCH3 is 1. The summed E-state index contributed by atoms with van der Waals surface area (Å²) in [6.07, 6.45) is 1.29. The molecule has 3 aromatic carbocycles. The molecule has 3 amide bonds. The van der Waals surface area contributed by atoms with Crippen molar-refractivity contribution < 1.29 is 23.9 Å².